The molecule has 0 fully saturated rings. The summed E-state index contributed by atoms with van der Waals surface area (Å²) < 4.78 is 32.6. The first-order valence-electron chi connectivity index (χ1n) is 1.59. The first kappa shape index (κ1) is 7.67. The van der Waals surface area contributed by atoms with E-state index < -0.39 is 6.36 Å². The summed E-state index contributed by atoms with van der Waals surface area (Å²) in [5.41, 5.74) is 1.16. The van der Waals surface area contributed by atoms with Gasteiger partial charge in [0.25, 0.3) is 0 Å². The lowest BCUT2D eigenvalue weighted by molar-refractivity contribution is -0.391. The quantitative estimate of drug-likeness (QED) is 0.556. The lowest BCUT2D eigenvalue weighted by Gasteiger charge is -2.03. The van der Waals surface area contributed by atoms with E-state index >= 15 is 0 Å². The molecular weight excluding hydrogens is 127 g/mol. The Morgan fingerprint density at radius 1 is 1.38 bits per heavy atom. The van der Waals surface area contributed by atoms with Gasteiger partial charge < -0.3 is 0 Å². The Labute approximate surface area is 43.3 Å². The van der Waals surface area contributed by atoms with Crippen molar-refractivity contribution in [3.8, 4) is 0 Å². The van der Waals surface area contributed by atoms with Crippen LogP contribution in [0.4, 0.5) is 13.2 Å². The van der Waals surface area contributed by atoms with Crippen molar-refractivity contribution in [3.63, 3.8) is 0 Å². The monoisotopic (exact) mass is 131 g/mol. The predicted molar refractivity (Wildman–Crippen MR) is 17.3 cm³/mol. The number of alkyl halides is 3. The molecule has 0 aromatic heterocycles. The molecule has 0 aromatic rings. The molecule has 8 heavy (non-hydrogen) atoms. The fourth-order valence-corrected chi connectivity index (χ4v) is 0.0889. The van der Waals surface area contributed by atoms with Crippen molar-refractivity contribution in [2.24, 2.45) is 0 Å². The Morgan fingerprint density at radius 3 is 2.00 bits per heavy atom. The molecule has 0 bridgehead atoms. The standard InChI is InChI=1S/C2H4F3NO2/c1-7-6-8-2(3,4)5/h6H,1H3. The lowest BCUT2D eigenvalue weighted by atomic mass is 11.4. The topological polar surface area (TPSA) is 30.5 Å². The summed E-state index contributed by atoms with van der Waals surface area (Å²) in [4.78, 5) is 6.63. The van der Waals surface area contributed by atoms with Crippen LogP contribution in [0.15, 0.2) is 0 Å². The fourth-order valence-electron chi connectivity index (χ4n) is 0.0889. The SMILES string of the molecule is CONOC(F)(F)F. The smallest absolute Gasteiger partial charge is 0.280 e. The number of nitrogens with one attached hydrogen (secondary N) is 1. The van der Waals surface area contributed by atoms with Gasteiger partial charge in [-0.05, 0) is 0 Å². The van der Waals surface area contributed by atoms with E-state index in [0.29, 0.717) is 0 Å². The Morgan fingerprint density at radius 2 is 1.88 bits per heavy atom. The highest BCUT2D eigenvalue weighted by atomic mass is 19.4. The van der Waals surface area contributed by atoms with Gasteiger partial charge in [-0.15, -0.1) is 13.2 Å². The van der Waals surface area contributed by atoms with Gasteiger partial charge in [-0.1, -0.05) is 5.64 Å². The maximum atomic E-state index is 10.9. The van der Waals surface area contributed by atoms with E-state index in [1.54, 1.807) is 0 Å². The fraction of sp³-hybridized carbons (Fsp3) is 1.00. The van der Waals surface area contributed by atoms with Crippen LogP contribution in [-0.2, 0) is 9.68 Å². The van der Waals surface area contributed by atoms with E-state index in [4.69, 9.17) is 0 Å². The van der Waals surface area contributed by atoms with E-state index in [-0.39, 0.29) is 0 Å². The average molecular weight is 131 g/mol. The first-order chi connectivity index (χ1) is 3.56. The molecule has 0 heterocycles. The van der Waals surface area contributed by atoms with Gasteiger partial charge in [-0.25, -0.2) is 0 Å². The second-order valence-electron chi connectivity index (χ2n) is 0.835. The van der Waals surface area contributed by atoms with Crippen LogP contribution in [0, 0.1) is 0 Å². The molecule has 0 radical (unpaired) electrons. The lowest BCUT2D eigenvalue weighted by Crippen LogP contribution is -2.24. The highest BCUT2D eigenvalue weighted by Crippen LogP contribution is 2.13. The van der Waals surface area contributed by atoms with E-state index in [1.165, 1.54) is 0 Å². The third-order valence-corrected chi connectivity index (χ3v) is 0.241. The summed E-state index contributed by atoms with van der Waals surface area (Å²) in [6, 6.07) is 0. The van der Waals surface area contributed by atoms with Crippen LogP contribution in [-0.4, -0.2) is 13.5 Å². The maximum absolute atomic E-state index is 10.9. The highest BCUT2D eigenvalue weighted by molar-refractivity contribution is 4.14. The Bertz CT molecular complexity index is 62.8. The zero-order valence-corrected chi connectivity index (χ0v) is 3.95. The van der Waals surface area contributed by atoms with Crippen LogP contribution in [0.5, 0.6) is 0 Å². The minimum Gasteiger partial charge on any atom is -0.280 e. The van der Waals surface area contributed by atoms with Crippen molar-refractivity contribution in [3.05, 3.63) is 0 Å². The molecule has 0 amide bonds. The van der Waals surface area contributed by atoms with Crippen molar-refractivity contribution >= 4 is 0 Å². The van der Waals surface area contributed by atoms with Crippen molar-refractivity contribution < 1.29 is 22.8 Å². The summed E-state index contributed by atoms with van der Waals surface area (Å²) in [5.74, 6) is 0. The zero-order valence-electron chi connectivity index (χ0n) is 3.95. The molecule has 0 rings (SSSR count). The summed E-state index contributed by atoms with van der Waals surface area (Å²) >= 11 is 0. The van der Waals surface area contributed by atoms with Gasteiger partial charge in [0.2, 0.25) is 0 Å². The second-order valence-corrected chi connectivity index (χ2v) is 0.835. The molecule has 1 N–H and O–H groups in total. The third-order valence-electron chi connectivity index (χ3n) is 0.241. The molecule has 0 saturated carbocycles. The molecule has 0 aliphatic rings. The highest BCUT2D eigenvalue weighted by Gasteiger charge is 2.29. The molecule has 50 valence electrons. The van der Waals surface area contributed by atoms with Crippen LogP contribution < -0.4 is 5.64 Å². The number of hydrogen-bond acceptors (Lipinski definition) is 3. The maximum Gasteiger partial charge on any atom is 0.540 e. The minimum atomic E-state index is -4.68. The van der Waals surface area contributed by atoms with E-state index in [9.17, 15) is 13.2 Å². The molecular formula is C2H4F3NO2. The van der Waals surface area contributed by atoms with Crippen LogP contribution in [0.1, 0.15) is 0 Å². The Kier molecular flexibility index (Phi) is 2.74. The van der Waals surface area contributed by atoms with Crippen molar-refractivity contribution in [2.75, 3.05) is 7.11 Å². The number of halogens is 3. The van der Waals surface area contributed by atoms with Gasteiger partial charge in [0.05, 0.1) is 7.11 Å². The molecule has 0 spiro atoms. The minimum absolute atomic E-state index is 1.01. The van der Waals surface area contributed by atoms with Gasteiger partial charge in [0.1, 0.15) is 0 Å². The average Bonchev–Trinajstić information content (AvgIpc) is 1.59. The zero-order chi connectivity index (χ0) is 6.62. The van der Waals surface area contributed by atoms with Gasteiger partial charge in [0, 0.05) is 0 Å². The van der Waals surface area contributed by atoms with Gasteiger partial charge in [-0.3, -0.25) is 4.84 Å². The molecule has 6 heteroatoms. The second kappa shape index (κ2) is 2.85. The van der Waals surface area contributed by atoms with Crippen molar-refractivity contribution in [1.82, 2.24) is 5.64 Å². The molecule has 0 saturated heterocycles. The molecule has 0 aromatic carbocycles. The normalized spacial score (nSPS) is 12.0. The van der Waals surface area contributed by atoms with E-state index in [0.717, 1.165) is 12.8 Å². The van der Waals surface area contributed by atoms with Crippen LogP contribution in [0.2, 0.25) is 0 Å². The summed E-state index contributed by atoms with van der Waals surface area (Å²) in [7, 11) is 1.01. The molecule has 0 aliphatic heterocycles. The van der Waals surface area contributed by atoms with Gasteiger partial charge >= 0.3 is 6.36 Å². The molecule has 0 aliphatic carbocycles. The summed E-state index contributed by atoms with van der Waals surface area (Å²) in [6.45, 7) is 0. The van der Waals surface area contributed by atoms with Gasteiger partial charge in [-0.2, -0.15) is 4.84 Å². The summed E-state index contributed by atoms with van der Waals surface area (Å²) in [6.07, 6.45) is -4.68. The largest absolute Gasteiger partial charge is 0.540 e. The molecule has 0 unspecified atom stereocenters. The van der Waals surface area contributed by atoms with Crippen LogP contribution >= 0.6 is 0 Å². The van der Waals surface area contributed by atoms with E-state index in [1.807, 2.05) is 0 Å². The molecule has 0 atom stereocenters. The Balaban J connectivity index is 3.11. The van der Waals surface area contributed by atoms with Crippen LogP contribution in [0.25, 0.3) is 0 Å². The molecule has 3 nitrogen and oxygen atoms in total. The van der Waals surface area contributed by atoms with E-state index in [2.05, 4.69) is 9.68 Å². The third kappa shape index (κ3) is 5.67. The van der Waals surface area contributed by atoms with Crippen LogP contribution in [0.3, 0.4) is 0 Å². The summed E-state index contributed by atoms with van der Waals surface area (Å²) in [5, 5.41) is 0. The van der Waals surface area contributed by atoms with Crippen molar-refractivity contribution in [2.45, 2.75) is 6.36 Å². The van der Waals surface area contributed by atoms with Crippen molar-refractivity contribution in [1.29, 1.82) is 0 Å². The number of hydrogen-bond donors (Lipinski definition) is 1. The number of rotatable bonds is 2. The predicted octanol–water partition coefficient (Wildman–Crippen LogP) is 0.589. The van der Waals surface area contributed by atoms with Gasteiger partial charge in [0.15, 0.2) is 0 Å². The first-order valence-corrected chi connectivity index (χ1v) is 1.59. The Hall–Kier alpha value is -0.330.